The fourth-order valence-electron chi connectivity index (χ4n) is 2.20. The van der Waals surface area contributed by atoms with Crippen LogP contribution in [0.2, 0.25) is 0 Å². The second kappa shape index (κ2) is 3.75. The molecule has 1 aliphatic heterocycles. The first kappa shape index (κ1) is 8.52. The zero-order chi connectivity index (χ0) is 8.39. The van der Waals surface area contributed by atoms with Crippen LogP contribution in [0.5, 0.6) is 0 Å². The highest BCUT2D eigenvalue weighted by Crippen LogP contribution is 2.20. The summed E-state index contributed by atoms with van der Waals surface area (Å²) in [5, 5.41) is 7.24. The van der Waals surface area contributed by atoms with E-state index in [1.807, 2.05) is 0 Å². The van der Waals surface area contributed by atoms with Gasteiger partial charge in [-0.2, -0.15) is 0 Å². The molecule has 0 amide bonds. The van der Waals surface area contributed by atoms with Gasteiger partial charge in [0.2, 0.25) is 0 Å². The van der Waals surface area contributed by atoms with Crippen LogP contribution in [-0.2, 0) is 0 Å². The third kappa shape index (κ3) is 1.80. The van der Waals surface area contributed by atoms with Crippen LogP contribution in [0.1, 0.15) is 39.0 Å². The van der Waals surface area contributed by atoms with E-state index in [1.54, 1.807) is 0 Å². The Morgan fingerprint density at radius 3 is 2.58 bits per heavy atom. The summed E-state index contributed by atoms with van der Waals surface area (Å²) < 4.78 is 0. The molecule has 70 valence electrons. The second-order valence-electron chi connectivity index (χ2n) is 4.29. The Bertz CT molecular complexity index is 137. The van der Waals surface area contributed by atoms with Crippen LogP contribution in [0.25, 0.3) is 0 Å². The first-order valence-corrected chi connectivity index (χ1v) is 5.36. The maximum absolute atomic E-state index is 3.70. The molecular weight excluding hydrogens is 148 g/mol. The molecule has 0 bridgehead atoms. The van der Waals surface area contributed by atoms with E-state index in [0.29, 0.717) is 6.04 Å². The Hall–Kier alpha value is -0.0800. The minimum Gasteiger partial charge on any atom is -0.312 e. The number of hydrogen-bond acceptors (Lipinski definition) is 2. The summed E-state index contributed by atoms with van der Waals surface area (Å²) in [4.78, 5) is 0. The summed E-state index contributed by atoms with van der Waals surface area (Å²) in [6.45, 7) is 3.54. The summed E-state index contributed by atoms with van der Waals surface area (Å²) in [6, 6.07) is 2.26. The molecule has 0 spiro atoms. The Morgan fingerprint density at radius 1 is 1.25 bits per heavy atom. The number of rotatable bonds is 3. The lowest BCUT2D eigenvalue weighted by Gasteiger charge is -2.32. The Kier molecular flexibility index (Phi) is 2.66. The van der Waals surface area contributed by atoms with Crippen molar-refractivity contribution in [3.05, 3.63) is 0 Å². The van der Waals surface area contributed by atoms with Gasteiger partial charge in [-0.1, -0.05) is 6.42 Å². The predicted octanol–water partition coefficient (Wildman–Crippen LogP) is 1.27. The number of nitrogens with one attached hydrogen (secondary N) is 2. The van der Waals surface area contributed by atoms with Crippen LogP contribution < -0.4 is 10.6 Å². The third-order valence-electron chi connectivity index (χ3n) is 3.31. The molecule has 2 rings (SSSR count). The lowest BCUT2D eigenvalue weighted by atomic mass is 9.91. The van der Waals surface area contributed by atoms with Crippen LogP contribution in [0, 0.1) is 0 Å². The van der Waals surface area contributed by atoms with E-state index in [4.69, 9.17) is 0 Å². The van der Waals surface area contributed by atoms with Crippen molar-refractivity contribution in [3.63, 3.8) is 0 Å². The molecule has 2 unspecified atom stereocenters. The maximum atomic E-state index is 3.70. The predicted molar refractivity (Wildman–Crippen MR) is 51.3 cm³/mol. The molecular formula is C10H20N2. The van der Waals surface area contributed by atoms with Crippen molar-refractivity contribution in [2.45, 2.75) is 57.2 Å². The van der Waals surface area contributed by atoms with Gasteiger partial charge in [0.05, 0.1) is 0 Å². The van der Waals surface area contributed by atoms with E-state index < -0.39 is 0 Å². The topological polar surface area (TPSA) is 24.1 Å². The molecule has 0 aromatic rings. The SMILES string of the molecule is CC(NC1CCC1)C1CCCN1. The average molecular weight is 168 g/mol. The van der Waals surface area contributed by atoms with Gasteiger partial charge in [0.25, 0.3) is 0 Å². The van der Waals surface area contributed by atoms with Crippen molar-refractivity contribution in [2.75, 3.05) is 6.54 Å². The van der Waals surface area contributed by atoms with Crippen LogP contribution in [0.4, 0.5) is 0 Å². The first-order valence-electron chi connectivity index (χ1n) is 5.36. The van der Waals surface area contributed by atoms with E-state index in [-0.39, 0.29) is 0 Å². The van der Waals surface area contributed by atoms with Gasteiger partial charge in [0, 0.05) is 18.1 Å². The van der Waals surface area contributed by atoms with Crippen molar-refractivity contribution in [1.82, 2.24) is 10.6 Å². The molecule has 2 fully saturated rings. The highest BCUT2D eigenvalue weighted by atomic mass is 15.1. The molecule has 0 aromatic heterocycles. The van der Waals surface area contributed by atoms with Crippen LogP contribution in [-0.4, -0.2) is 24.7 Å². The van der Waals surface area contributed by atoms with Crippen LogP contribution in [0.15, 0.2) is 0 Å². The maximum Gasteiger partial charge on any atom is 0.0219 e. The van der Waals surface area contributed by atoms with Crippen LogP contribution >= 0.6 is 0 Å². The van der Waals surface area contributed by atoms with Gasteiger partial charge in [-0.3, -0.25) is 0 Å². The summed E-state index contributed by atoms with van der Waals surface area (Å²) in [5.74, 6) is 0. The minimum absolute atomic E-state index is 0.679. The Labute approximate surface area is 75.1 Å². The third-order valence-corrected chi connectivity index (χ3v) is 3.31. The molecule has 2 N–H and O–H groups in total. The van der Waals surface area contributed by atoms with Gasteiger partial charge in [-0.05, 0) is 39.2 Å². The van der Waals surface area contributed by atoms with Gasteiger partial charge >= 0.3 is 0 Å². The molecule has 1 saturated heterocycles. The average Bonchev–Trinajstić information content (AvgIpc) is 2.47. The summed E-state index contributed by atoms with van der Waals surface area (Å²) >= 11 is 0. The van der Waals surface area contributed by atoms with Gasteiger partial charge < -0.3 is 10.6 Å². The number of hydrogen-bond donors (Lipinski definition) is 2. The highest BCUT2D eigenvalue weighted by Gasteiger charge is 2.25. The van der Waals surface area contributed by atoms with Gasteiger partial charge in [-0.15, -0.1) is 0 Å². The van der Waals surface area contributed by atoms with E-state index in [1.165, 1.54) is 38.6 Å². The van der Waals surface area contributed by atoms with Gasteiger partial charge in [0.1, 0.15) is 0 Å². The zero-order valence-corrected chi connectivity index (χ0v) is 7.97. The Morgan fingerprint density at radius 2 is 2.08 bits per heavy atom. The fourth-order valence-corrected chi connectivity index (χ4v) is 2.20. The largest absolute Gasteiger partial charge is 0.312 e. The Balaban J connectivity index is 1.71. The fraction of sp³-hybridized carbons (Fsp3) is 1.00. The van der Waals surface area contributed by atoms with E-state index in [0.717, 1.165) is 12.1 Å². The van der Waals surface area contributed by atoms with E-state index in [9.17, 15) is 0 Å². The zero-order valence-electron chi connectivity index (χ0n) is 7.97. The molecule has 12 heavy (non-hydrogen) atoms. The lowest BCUT2D eigenvalue weighted by Crippen LogP contribution is -2.49. The molecule has 2 atom stereocenters. The quantitative estimate of drug-likeness (QED) is 0.663. The smallest absolute Gasteiger partial charge is 0.0219 e. The summed E-state index contributed by atoms with van der Waals surface area (Å²) in [7, 11) is 0. The lowest BCUT2D eigenvalue weighted by molar-refractivity contribution is 0.285. The highest BCUT2D eigenvalue weighted by molar-refractivity contribution is 4.87. The van der Waals surface area contributed by atoms with Crippen molar-refractivity contribution < 1.29 is 0 Å². The molecule has 2 heteroatoms. The van der Waals surface area contributed by atoms with Crippen molar-refractivity contribution >= 4 is 0 Å². The van der Waals surface area contributed by atoms with Gasteiger partial charge in [-0.25, -0.2) is 0 Å². The van der Waals surface area contributed by atoms with Crippen molar-refractivity contribution in [1.29, 1.82) is 0 Å². The molecule has 1 saturated carbocycles. The second-order valence-corrected chi connectivity index (χ2v) is 4.29. The monoisotopic (exact) mass is 168 g/mol. The molecule has 1 heterocycles. The van der Waals surface area contributed by atoms with Crippen LogP contribution in [0.3, 0.4) is 0 Å². The van der Waals surface area contributed by atoms with Crippen molar-refractivity contribution in [3.8, 4) is 0 Å². The molecule has 0 radical (unpaired) electrons. The summed E-state index contributed by atoms with van der Waals surface area (Å²) in [5.41, 5.74) is 0. The standard InChI is InChI=1S/C10H20N2/c1-8(10-6-3-7-11-10)12-9-4-2-5-9/h8-12H,2-7H2,1H3. The van der Waals surface area contributed by atoms with E-state index in [2.05, 4.69) is 17.6 Å². The molecule has 1 aliphatic carbocycles. The first-order chi connectivity index (χ1) is 5.86. The van der Waals surface area contributed by atoms with E-state index >= 15 is 0 Å². The molecule has 0 aromatic carbocycles. The molecule has 2 nitrogen and oxygen atoms in total. The summed E-state index contributed by atoms with van der Waals surface area (Å²) in [6.07, 6.45) is 6.96. The van der Waals surface area contributed by atoms with Gasteiger partial charge in [0.15, 0.2) is 0 Å². The minimum atomic E-state index is 0.679. The molecule has 2 aliphatic rings. The van der Waals surface area contributed by atoms with Crippen molar-refractivity contribution in [2.24, 2.45) is 0 Å². The normalized spacial score (nSPS) is 33.2.